The molecule has 0 aliphatic carbocycles. The molecule has 0 aliphatic heterocycles. The van der Waals surface area contributed by atoms with Gasteiger partial charge in [-0.25, -0.2) is 0 Å². The minimum absolute atomic E-state index is 0.438. The number of benzene rings is 1. The third-order valence-electron chi connectivity index (χ3n) is 2.24. The summed E-state index contributed by atoms with van der Waals surface area (Å²) < 4.78 is 6.81. The van der Waals surface area contributed by atoms with E-state index in [0.29, 0.717) is 12.5 Å². The van der Waals surface area contributed by atoms with Gasteiger partial charge in [0.05, 0.1) is 0 Å². The fourth-order valence-corrected chi connectivity index (χ4v) is 1.77. The molecular formula is C13H16BrClO. The van der Waals surface area contributed by atoms with Crippen LogP contribution in [0.4, 0.5) is 0 Å². The van der Waals surface area contributed by atoms with E-state index in [1.807, 2.05) is 19.1 Å². The first-order chi connectivity index (χ1) is 7.54. The number of rotatable bonds is 4. The van der Waals surface area contributed by atoms with Gasteiger partial charge in [-0.2, -0.15) is 0 Å². The largest absolute Gasteiger partial charge is 0.489 e. The molecule has 0 atom stereocenters. The summed E-state index contributed by atoms with van der Waals surface area (Å²) in [4.78, 5) is 0. The monoisotopic (exact) mass is 302 g/mol. The molecule has 1 nitrogen and oxygen atoms in total. The molecule has 0 saturated heterocycles. The lowest BCUT2D eigenvalue weighted by Gasteiger charge is -2.14. The molecule has 0 aliphatic rings. The zero-order chi connectivity index (χ0) is 12.1. The fourth-order valence-electron chi connectivity index (χ4n) is 1.33. The molecule has 0 radical (unpaired) electrons. The second kappa shape index (κ2) is 6.31. The van der Waals surface area contributed by atoms with Gasteiger partial charge in [0.15, 0.2) is 0 Å². The Morgan fingerprint density at radius 3 is 2.75 bits per heavy atom. The summed E-state index contributed by atoms with van der Waals surface area (Å²) in [6.45, 7) is 6.78. The van der Waals surface area contributed by atoms with E-state index in [2.05, 4.69) is 35.8 Å². The van der Waals surface area contributed by atoms with Crippen LogP contribution in [0.3, 0.4) is 0 Å². The molecule has 0 unspecified atom stereocenters. The van der Waals surface area contributed by atoms with Gasteiger partial charge in [-0.15, -0.1) is 0 Å². The van der Waals surface area contributed by atoms with E-state index < -0.39 is 0 Å². The van der Waals surface area contributed by atoms with Crippen LogP contribution in [-0.4, -0.2) is 6.61 Å². The van der Waals surface area contributed by atoms with E-state index in [4.69, 9.17) is 16.3 Å². The Morgan fingerprint density at radius 2 is 2.19 bits per heavy atom. The molecule has 1 aromatic rings. The van der Waals surface area contributed by atoms with Crippen LogP contribution in [0.5, 0.6) is 5.75 Å². The number of halogens is 2. The van der Waals surface area contributed by atoms with Gasteiger partial charge >= 0.3 is 0 Å². The maximum absolute atomic E-state index is 5.73. The fraction of sp³-hybridized carbons (Fsp3) is 0.385. The van der Waals surface area contributed by atoms with E-state index in [9.17, 15) is 0 Å². The first-order valence-corrected chi connectivity index (χ1v) is 6.45. The summed E-state index contributed by atoms with van der Waals surface area (Å²) in [7, 11) is 0. The Bertz CT molecular complexity index is 386. The number of hydrogen-bond donors (Lipinski definition) is 0. The third kappa shape index (κ3) is 3.84. The molecule has 0 N–H and O–H groups in total. The lowest BCUT2D eigenvalue weighted by Crippen LogP contribution is -2.02. The van der Waals surface area contributed by atoms with Gasteiger partial charge in [-0.3, -0.25) is 0 Å². The van der Waals surface area contributed by atoms with Gasteiger partial charge in [0.1, 0.15) is 12.4 Å². The van der Waals surface area contributed by atoms with E-state index in [0.717, 1.165) is 15.8 Å². The lowest BCUT2D eigenvalue weighted by molar-refractivity contribution is 0.347. The Kier molecular flexibility index (Phi) is 5.36. The molecule has 0 heterocycles. The minimum atomic E-state index is 0.438. The van der Waals surface area contributed by atoms with Crippen LogP contribution in [0.1, 0.15) is 32.3 Å². The highest BCUT2D eigenvalue weighted by atomic mass is 79.9. The maximum atomic E-state index is 5.73. The number of hydrogen-bond acceptors (Lipinski definition) is 1. The quantitative estimate of drug-likeness (QED) is 0.752. The molecule has 0 spiro atoms. The molecule has 1 aromatic carbocycles. The second-order valence-corrected chi connectivity index (χ2v) is 5.21. The summed E-state index contributed by atoms with van der Waals surface area (Å²) in [6, 6.07) is 6.07. The van der Waals surface area contributed by atoms with Crippen LogP contribution in [0.2, 0.25) is 0 Å². The summed E-state index contributed by atoms with van der Waals surface area (Å²) in [5, 5.41) is 0. The molecule has 3 heteroatoms. The molecule has 0 bridgehead atoms. The molecule has 0 fully saturated rings. The van der Waals surface area contributed by atoms with Crippen molar-refractivity contribution in [3.8, 4) is 5.75 Å². The zero-order valence-electron chi connectivity index (χ0n) is 9.76. The summed E-state index contributed by atoms with van der Waals surface area (Å²) in [5.41, 5.74) is 3.77. The second-order valence-electron chi connectivity index (χ2n) is 4.08. The Hall–Kier alpha value is -0.470. The molecule has 0 aromatic heterocycles. The van der Waals surface area contributed by atoms with Crippen molar-refractivity contribution in [3.63, 3.8) is 0 Å². The smallest absolute Gasteiger partial charge is 0.123 e. The van der Waals surface area contributed by atoms with Crippen molar-refractivity contribution in [2.24, 2.45) is 0 Å². The summed E-state index contributed by atoms with van der Waals surface area (Å²) in [6.07, 6.45) is 0. The maximum Gasteiger partial charge on any atom is 0.123 e. The van der Waals surface area contributed by atoms with Gasteiger partial charge in [0, 0.05) is 10.0 Å². The van der Waals surface area contributed by atoms with Crippen molar-refractivity contribution in [3.05, 3.63) is 39.3 Å². The lowest BCUT2D eigenvalue weighted by atomic mass is 10.0. The van der Waals surface area contributed by atoms with Crippen molar-refractivity contribution < 1.29 is 4.74 Å². The predicted molar refractivity (Wildman–Crippen MR) is 73.3 cm³/mol. The van der Waals surface area contributed by atoms with Crippen molar-refractivity contribution in [1.82, 2.24) is 0 Å². The summed E-state index contributed by atoms with van der Waals surface area (Å²) in [5.74, 6) is 1.36. The average molecular weight is 304 g/mol. The summed E-state index contributed by atoms with van der Waals surface area (Å²) >= 11 is 9.07. The van der Waals surface area contributed by atoms with Crippen molar-refractivity contribution >= 4 is 27.5 Å². The van der Waals surface area contributed by atoms with E-state index >= 15 is 0 Å². The van der Waals surface area contributed by atoms with Crippen LogP contribution in [0.25, 0.3) is 0 Å². The Labute approximate surface area is 111 Å². The highest BCUT2D eigenvalue weighted by Gasteiger charge is 2.08. The predicted octanol–water partition coefficient (Wildman–Crippen LogP) is 5.09. The third-order valence-corrected chi connectivity index (χ3v) is 3.10. The van der Waals surface area contributed by atoms with E-state index in [-0.39, 0.29) is 0 Å². The topological polar surface area (TPSA) is 9.23 Å². The van der Waals surface area contributed by atoms with Crippen LogP contribution < -0.4 is 4.74 Å². The normalized spacial score (nSPS) is 12.0. The first kappa shape index (κ1) is 13.6. The van der Waals surface area contributed by atoms with E-state index in [1.54, 1.807) is 5.54 Å². The standard InChI is InChI=1S/C13H16BrClO/c1-9(2)12-6-11(14)4-5-13(12)16-8-10(3)7-15/h4-7,9H,8H2,1-3H3/b10-7+. The highest BCUT2D eigenvalue weighted by Crippen LogP contribution is 2.29. The van der Waals surface area contributed by atoms with Crippen LogP contribution in [0, 0.1) is 0 Å². The SMILES string of the molecule is C/C(=C\Cl)COc1ccc(Br)cc1C(C)C. The Morgan fingerprint density at radius 1 is 1.50 bits per heavy atom. The van der Waals surface area contributed by atoms with Crippen LogP contribution in [-0.2, 0) is 0 Å². The van der Waals surface area contributed by atoms with Crippen molar-refractivity contribution in [2.75, 3.05) is 6.61 Å². The molecular weight excluding hydrogens is 287 g/mol. The van der Waals surface area contributed by atoms with Gasteiger partial charge < -0.3 is 4.74 Å². The molecule has 0 amide bonds. The highest BCUT2D eigenvalue weighted by molar-refractivity contribution is 9.10. The van der Waals surface area contributed by atoms with E-state index in [1.165, 1.54) is 5.56 Å². The van der Waals surface area contributed by atoms with Crippen LogP contribution in [0.15, 0.2) is 33.8 Å². The first-order valence-electron chi connectivity index (χ1n) is 5.22. The van der Waals surface area contributed by atoms with Crippen molar-refractivity contribution in [2.45, 2.75) is 26.7 Å². The van der Waals surface area contributed by atoms with Crippen LogP contribution >= 0.6 is 27.5 Å². The molecule has 1 rings (SSSR count). The van der Waals surface area contributed by atoms with Gasteiger partial charge in [-0.1, -0.05) is 41.4 Å². The molecule has 16 heavy (non-hydrogen) atoms. The molecule has 0 saturated carbocycles. The van der Waals surface area contributed by atoms with Gasteiger partial charge in [0.25, 0.3) is 0 Å². The minimum Gasteiger partial charge on any atom is -0.489 e. The Balaban J connectivity index is 2.87. The average Bonchev–Trinajstić information content (AvgIpc) is 2.26. The molecule has 88 valence electrons. The van der Waals surface area contributed by atoms with Gasteiger partial charge in [-0.05, 0) is 42.2 Å². The van der Waals surface area contributed by atoms with Crippen molar-refractivity contribution in [1.29, 1.82) is 0 Å². The van der Waals surface area contributed by atoms with Gasteiger partial charge in [0.2, 0.25) is 0 Å². The zero-order valence-corrected chi connectivity index (χ0v) is 12.1. The number of ether oxygens (including phenoxy) is 1.